The van der Waals surface area contributed by atoms with Gasteiger partial charge in [-0.05, 0) is 19.3 Å². The van der Waals surface area contributed by atoms with Crippen molar-refractivity contribution in [2.24, 2.45) is 7.05 Å². The van der Waals surface area contributed by atoms with Crippen LogP contribution in [0.5, 0.6) is 0 Å². The molecule has 3 heterocycles. The predicted molar refractivity (Wildman–Crippen MR) is 76.0 cm³/mol. The van der Waals surface area contributed by atoms with Crippen LogP contribution < -0.4 is 0 Å². The summed E-state index contributed by atoms with van der Waals surface area (Å²) in [6.07, 6.45) is 10.8. The first-order valence-corrected chi connectivity index (χ1v) is 7.11. The lowest BCUT2D eigenvalue weighted by molar-refractivity contribution is 0.563. The Kier molecular flexibility index (Phi) is 2.57. The Labute approximate surface area is 121 Å². The van der Waals surface area contributed by atoms with Crippen molar-refractivity contribution in [2.45, 2.75) is 25.2 Å². The third kappa shape index (κ3) is 1.59. The number of nitrogens with zero attached hydrogens (tertiary/aromatic N) is 5. The van der Waals surface area contributed by atoms with Crippen LogP contribution in [0.3, 0.4) is 0 Å². The second kappa shape index (κ2) is 4.31. The van der Waals surface area contributed by atoms with Gasteiger partial charge in [-0.15, -0.1) is 0 Å². The molecule has 0 fully saturated rings. The molecular formula is C14H14ClN5. The van der Waals surface area contributed by atoms with Crippen LogP contribution in [0.2, 0.25) is 5.15 Å². The Hall–Kier alpha value is -1.88. The van der Waals surface area contributed by atoms with Crippen LogP contribution in [0.15, 0.2) is 24.8 Å². The normalized spacial score (nSPS) is 18.4. The van der Waals surface area contributed by atoms with Crippen molar-refractivity contribution in [3.8, 4) is 0 Å². The van der Waals surface area contributed by atoms with Gasteiger partial charge in [-0.25, -0.2) is 9.97 Å². The van der Waals surface area contributed by atoms with E-state index in [1.165, 1.54) is 11.3 Å². The summed E-state index contributed by atoms with van der Waals surface area (Å²) >= 11 is 6.13. The number of fused-ring (bicyclic) bond motifs is 2. The maximum absolute atomic E-state index is 6.13. The van der Waals surface area contributed by atoms with Gasteiger partial charge in [0.05, 0.1) is 12.4 Å². The molecule has 0 saturated carbocycles. The predicted octanol–water partition coefficient (Wildman–Crippen LogP) is 2.58. The zero-order valence-electron chi connectivity index (χ0n) is 11.1. The van der Waals surface area contributed by atoms with Gasteiger partial charge in [0.1, 0.15) is 11.3 Å². The van der Waals surface area contributed by atoms with Gasteiger partial charge in [0.2, 0.25) is 0 Å². The van der Waals surface area contributed by atoms with Crippen molar-refractivity contribution < 1.29 is 0 Å². The molecule has 20 heavy (non-hydrogen) atoms. The standard InChI is InChI=1S/C14H14ClN5/c1-19-11-4-2-3-9(10(11)7-18-19)14-17-8-12-13(15)16-5-6-20(12)14/h5-9H,2-4H2,1H3/t9-/m1/s1. The van der Waals surface area contributed by atoms with Crippen molar-refractivity contribution in [1.82, 2.24) is 24.1 Å². The molecule has 0 N–H and O–H groups in total. The molecule has 0 spiro atoms. The first-order valence-electron chi connectivity index (χ1n) is 6.74. The van der Waals surface area contributed by atoms with Gasteiger partial charge in [0.25, 0.3) is 0 Å². The first kappa shape index (κ1) is 11.9. The Morgan fingerprint density at radius 1 is 1.30 bits per heavy atom. The quantitative estimate of drug-likeness (QED) is 0.691. The minimum Gasteiger partial charge on any atom is -0.299 e. The lowest BCUT2D eigenvalue weighted by Gasteiger charge is -2.21. The number of aromatic nitrogens is 5. The number of hydrogen-bond acceptors (Lipinski definition) is 3. The molecular weight excluding hydrogens is 274 g/mol. The second-order valence-electron chi connectivity index (χ2n) is 5.20. The topological polar surface area (TPSA) is 48.0 Å². The molecule has 0 radical (unpaired) electrons. The summed E-state index contributed by atoms with van der Waals surface area (Å²) in [5.41, 5.74) is 3.47. The number of hydrogen-bond donors (Lipinski definition) is 0. The van der Waals surface area contributed by atoms with Gasteiger partial charge in [-0.3, -0.25) is 9.08 Å². The zero-order valence-corrected chi connectivity index (χ0v) is 11.9. The molecule has 5 nitrogen and oxygen atoms in total. The molecule has 102 valence electrons. The number of aryl methyl sites for hydroxylation is 1. The molecule has 0 bridgehead atoms. The summed E-state index contributed by atoms with van der Waals surface area (Å²) in [5.74, 6) is 1.31. The van der Waals surface area contributed by atoms with Crippen LogP contribution >= 0.6 is 11.6 Å². The average Bonchev–Trinajstić information content (AvgIpc) is 3.04. The van der Waals surface area contributed by atoms with Crippen LogP contribution in [0.1, 0.15) is 35.8 Å². The first-order chi connectivity index (χ1) is 9.75. The number of halogens is 1. The van der Waals surface area contributed by atoms with Crippen molar-refractivity contribution in [1.29, 1.82) is 0 Å². The molecule has 1 atom stereocenters. The second-order valence-corrected chi connectivity index (χ2v) is 5.56. The van der Waals surface area contributed by atoms with Crippen molar-refractivity contribution in [3.63, 3.8) is 0 Å². The molecule has 0 unspecified atom stereocenters. The third-order valence-electron chi connectivity index (χ3n) is 4.13. The van der Waals surface area contributed by atoms with Crippen LogP contribution in [-0.4, -0.2) is 24.1 Å². The van der Waals surface area contributed by atoms with E-state index in [4.69, 9.17) is 11.6 Å². The third-order valence-corrected chi connectivity index (χ3v) is 4.42. The Morgan fingerprint density at radius 2 is 2.20 bits per heavy atom. The fourth-order valence-corrected chi connectivity index (χ4v) is 3.34. The summed E-state index contributed by atoms with van der Waals surface area (Å²) in [6, 6.07) is 0. The van der Waals surface area contributed by atoms with Gasteiger partial charge in [0, 0.05) is 36.6 Å². The molecule has 4 rings (SSSR count). The van der Waals surface area contributed by atoms with Crippen molar-refractivity contribution in [3.05, 3.63) is 47.0 Å². The molecule has 0 saturated heterocycles. The van der Waals surface area contributed by atoms with E-state index < -0.39 is 0 Å². The lowest BCUT2D eigenvalue weighted by atomic mass is 9.86. The zero-order chi connectivity index (χ0) is 13.7. The smallest absolute Gasteiger partial charge is 0.154 e. The van der Waals surface area contributed by atoms with E-state index in [-0.39, 0.29) is 5.92 Å². The van der Waals surface area contributed by atoms with Crippen LogP contribution in [0, 0.1) is 0 Å². The van der Waals surface area contributed by atoms with E-state index in [1.807, 2.05) is 28.5 Å². The monoisotopic (exact) mass is 287 g/mol. The lowest BCUT2D eigenvalue weighted by Crippen LogP contribution is -2.14. The summed E-state index contributed by atoms with van der Waals surface area (Å²) in [6.45, 7) is 0. The highest BCUT2D eigenvalue weighted by Gasteiger charge is 2.28. The van der Waals surface area contributed by atoms with Crippen LogP contribution in [-0.2, 0) is 13.5 Å². The van der Waals surface area contributed by atoms with Gasteiger partial charge < -0.3 is 0 Å². The maximum Gasteiger partial charge on any atom is 0.154 e. The summed E-state index contributed by atoms with van der Waals surface area (Å²) in [7, 11) is 2.01. The largest absolute Gasteiger partial charge is 0.299 e. The van der Waals surface area contributed by atoms with Crippen molar-refractivity contribution in [2.75, 3.05) is 0 Å². The molecule has 1 aliphatic rings. The summed E-state index contributed by atoms with van der Waals surface area (Å²) in [5, 5.41) is 4.89. The van der Waals surface area contributed by atoms with E-state index >= 15 is 0 Å². The van der Waals surface area contributed by atoms with Gasteiger partial charge in [-0.1, -0.05) is 11.6 Å². The highest BCUT2D eigenvalue weighted by molar-refractivity contribution is 6.32. The average molecular weight is 288 g/mol. The van der Waals surface area contributed by atoms with Crippen molar-refractivity contribution >= 4 is 17.1 Å². The van der Waals surface area contributed by atoms with E-state index in [1.54, 1.807) is 12.4 Å². The van der Waals surface area contributed by atoms with E-state index in [2.05, 4.69) is 15.1 Å². The molecule has 0 aromatic carbocycles. The van der Waals surface area contributed by atoms with Crippen LogP contribution in [0.25, 0.3) is 5.52 Å². The molecule has 6 heteroatoms. The molecule has 1 aliphatic carbocycles. The molecule has 0 aliphatic heterocycles. The van der Waals surface area contributed by atoms with Gasteiger partial charge in [-0.2, -0.15) is 5.10 Å². The molecule has 3 aromatic rings. The SMILES string of the molecule is Cn1ncc2c1CCC[C@H]2c1ncc2c(Cl)nccn12. The Bertz CT molecular complexity index is 788. The number of rotatable bonds is 1. The van der Waals surface area contributed by atoms with Gasteiger partial charge in [0.15, 0.2) is 5.15 Å². The maximum atomic E-state index is 6.13. The fourth-order valence-electron chi connectivity index (χ4n) is 3.15. The van der Waals surface area contributed by atoms with E-state index in [0.29, 0.717) is 5.15 Å². The molecule has 0 amide bonds. The summed E-state index contributed by atoms with van der Waals surface area (Å²) in [4.78, 5) is 8.69. The van der Waals surface area contributed by atoms with Crippen LogP contribution in [0.4, 0.5) is 0 Å². The fraction of sp³-hybridized carbons (Fsp3) is 0.357. The van der Waals surface area contributed by atoms with E-state index in [9.17, 15) is 0 Å². The van der Waals surface area contributed by atoms with E-state index in [0.717, 1.165) is 30.6 Å². The Balaban J connectivity index is 1.90. The summed E-state index contributed by atoms with van der Waals surface area (Å²) < 4.78 is 4.02. The minimum atomic E-state index is 0.286. The number of imidazole rings is 1. The highest BCUT2D eigenvalue weighted by Crippen LogP contribution is 2.36. The van der Waals surface area contributed by atoms with Gasteiger partial charge >= 0.3 is 0 Å². The molecule has 3 aromatic heterocycles. The highest BCUT2D eigenvalue weighted by atomic mass is 35.5. The minimum absolute atomic E-state index is 0.286. The Morgan fingerprint density at radius 3 is 3.10 bits per heavy atom.